The number of carbonyl (C=O) groups is 1. The molecule has 1 atom stereocenters. The lowest BCUT2D eigenvalue weighted by Gasteiger charge is -2.18. The molecule has 1 N–H and O–H groups in total. The molecule has 172 valence electrons. The van der Waals surface area contributed by atoms with Crippen LogP contribution in [0.15, 0.2) is 82.6 Å². The van der Waals surface area contributed by atoms with Gasteiger partial charge in [-0.2, -0.15) is 13.2 Å². The number of pyridine rings is 1. The largest absolute Gasteiger partial charge is 0.480 e. The Kier molecular flexibility index (Phi) is 5.48. The van der Waals surface area contributed by atoms with E-state index >= 15 is 0 Å². The number of aliphatic carboxylic acids is 1. The molecule has 0 radical (unpaired) electrons. The lowest BCUT2D eigenvalue weighted by Crippen LogP contribution is -2.29. The summed E-state index contributed by atoms with van der Waals surface area (Å²) in [5.41, 5.74) is 0.973. The molecule has 0 saturated heterocycles. The van der Waals surface area contributed by atoms with Crippen molar-refractivity contribution in [1.82, 2.24) is 4.57 Å². The third-order valence-electron chi connectivity index (χ3n) is 6.00. The number of halogens is 3. The monoisotopic (exact) mass is 481 g/mol. The van der Waals surface area contributed by atoms with Crippen molar-refractivity contribution in [3.63, 3.8) is 0 Å². The second kappa shape index (κ2) is 8.36. The van der Waals surface area contributed by atoms with Gasteiger partial charge in [-0.15, -0.1) is 11.8 Å². The van der Waals surface area contributed by atoms with E-state index in [0.717, 1.165) is 28.5 Å². The zero-order valence-corrected chi connectivity index (χ0v) is 18.5. The van der Waals surface area contributed by atoms with E-state index in [2.05, 4.69) is 0 Å². The first-order valence-electron chi connectivity index (χ1n) is 10.5. The van der Waals surface area contributed by atoms with Gasteiger partial charge in [0, 0.05) is 17.4 Å². The predicted molar refractivity (Wildman–Crippen MR) is 125 cm³/mol. The summed E-state index contributed by atoms with van der Waals surface area (Å²) in [6, 6.07) is 18.8. The number of carboxylic acids is 1. The van der Waals surface area contributed by atoms with Gasteiger partial charge < -0.3 is 5.11 Å². The van der Waals surface area contributed by atoms with Crippen molar-refractivity contribution in [3.8, 4) is 11.1 Å². The molecule has 3 aromatic carbocycles. The molecule has 8 heteroatoms. The van der Waals surface area contributed by atoms with Gasteiger partial charge in [-0.25, -0.2) is 4.79 Å². The zero-order chi connectivity index (χ0) is 24.0. The molecule has 0 bridgehead atoms. The molecule has 0 unspecified atom stereocenters. The van der Waals surface area contributed by atoms with E-state index in [1.807, 2.05) is 42.5 Å². The Bertz CT molecular complexity index is 1490. The molecule has 0 fully saturated rings. The summed E-state index contributed by atoms with van der Waals surface area (Å²) in [7, 11) is 0. The van der Waals surface area contributed by atoms with E-state index in [1.54, 1.807) is 6.07 Å². The number of rotatable bonds is 4. The molecule has 1 aliphatic heterocycles. The first-order valence-corrected chi connectivity index (χ1v) is 11.5. The Morgan fingerprint density at radius 2 is 1.74 bits per heavy atom. The van der Waals surface area contributed by atoms with Gasteiger partial charge in [0.25, 0.3) is 5.56 Å². The van der Waals surface area contributed by atoms with Gasteiger partial charge in [0.15, 0.2) is 0 Å². The molecular formula is C26H18F3NO3S. The third kappa shape index (κ3) is 3.88. The summed E-state index contributed by atoms with van der Waals surface area (Å²) in [6.45, 7) is 0. The van der Waals surface area contributed by atoms with Crippen LogP contribution in [-0.4, -0.2) is 21.4 Å². The van der Waals surface area contributed by atoms with Gasteiger partial charge in [0.1, 0.15) is 6.04 Å². The average molecular weight is 481 g/mol. The molecule has 2 heterocycles. The molecular weight excluding hydrogens is 463 g/mol. The highest BCUT2D eigenvalue weighted by Crippen LogP contribution is 2.43. The van der Waals surface area contributed by atoms with Crippen molar-refractivity contribution in [2.45, 2.75) is 23.7 Å². The van der Waals surface area contributed by atoms with Crippen LogP contribution in [0.4, 0.5) is 13.2 Å². The minimum absolute atomic E-state index is 0.133. The number of benzene rings is 3. The molecule has 5 rings (SSSR count). The van der Waals surface area contributed by atoms with Gasteiger partial charge in [0.2, 0.25) is 0 Å². The van der Waals surface area contributed by atoms with E-state index in [9.17, 15) is 27.9 Å². The molecule has 0 spiro atoms. The van der Waals surface area contributed by atoms with Crippen LogP contribution in [0.3, 0.4) is 0 Å². The van der Waals surface area contributed by atoms with Crippen molar-refractivity contribution < 1.29 is 23.1 Å². The topological polar surface area (TPSA) is 59.3 Å². The fraction of sp³-hybridized carbons (Fsp3) is 0.154. The number of nitrogens with zero attached hydrogens (tertiary/aromatic N) is 1. The molecule has 34 heavy (non-hydrogen) atoms. The van der Waals surface area contributed by atoms with Crippen molar-refractivity contribution in [1.29, 1.82) is 0 Å². The Balaban J connectivity index is 1.75. The highest BCUT2D eigenvalue weighted by Gasteiger charge is 2.35. The number of thioether (sulfide) groups is 1. The van der Waals surface area contributed by atoms with Crippen LogP contribution >= 0.6 is 11.8 Å². The maximum Gasteiger partial charge on any atom is 0.416 e. The molecule has 4 nitrogen and oxygen atoms in total. The van der Waals surface area contributed by atoms with E-state index in [-0.39, 0.29) is 5.75 Å². The van der Waals surface area contributed by atoms with Crippen molar-refractivity contribution in [2.24, 2.45) is 0 Å². The Hall–Kier alpha value is -3.52. The lowest BCUT2D eigenvalue weighted by molar-refractivity contribution is -0.140. The Morgan fingerprint density at radius 1 is 1.00 bits per heavy atom. The van der Waals surface area contributed by atoms with Crippen molar-refractivity contribution in [3.05, 3.63) is 99.8 Å². The fourth-order valence-corrected chi connectivity index (χ4v) is 5.81. The number of alkyl halides is 3. The van der Waals surface area contributed by atoms with Gasteiger partial charge >= 0.3 is 12.1 Å². The summed E-state index contributed by atoms with van der Waals surface area (Å²) in [6.07, 6.45) is -4.22. The highest BCUT2D eigenvalue weighted by molar-refractivity contribution is 7.99. The smallest absolute Gasteiger partial charge is 0.416 e. The van der Waals surface area contributed by atoms with Gasteiger partial charge in [0.05, 0.1) is 10.6 Å². The average Bonchev–Trinajstić information content (AvgIpc) is 3.25. The zero-order valence-electron chi connectivity index (χ0n) is 17.7. The van der Waals surface area contributed by atoms with Crippen LogP contribution < -0.4 is 5.56 Å². The van der Waals surface area contributed by atoms with E-state index in [4.69, 9.17) is 0 Å². The molecule has 0 aliphatic carbocycles. The number of fused-ring (bicyclic) bond motifs is 2. The summed E-state index contributed by atoms with van der Waals surface area (Å²) in [4.78, 5) is 24.8. The van der Waals surface area contributed by atoms with E-state index < -0.39 is 29.3 Å². The number of hydrogen-bond acceptors (Lipinski definition) is 3. The second-order valence-electron chi connectivity index (χ2n) is 8.12. The highest BCUT2D eigenvalue weighted by atomic mass is 32.2. The van der Waals surface area contributed by atoms with Crippen molar-refractivity contribution in [2.75, 3.05) is 5.75 Å². The number of aromatic nitrogens is 1. The van der Waals surface area contributed by atoms with Gasteiger partial charge in [-0.05, 0) is 46.0 Å². The normalized spacial score (nSPS) is 15.4. The van der Waals surface area contributed by atoms with Crippen molar-refractivity contribution >= 4 is 28.5 Å². The maximum absolute atomic E-state index is 13.5. The van der Waals surface area contributed by atoms with Gasteiger partial charge in [-0.1, -0.05) is 54.6 Å². The molecule has 1 aliphatic rings. The standard InChI is InChI=1S/C26H18F3NO3S/c27-26(28,29)19-9-4-8-17(12-19)23-18(11-16-7-3-6-15-5-1-2-10-20(15)16)13-22(31)30-21(25(32)33)14-34-24(23)30/h1-10,12-13,21H,11,14H2,(H,32,33)/t21-/m0/s1. The van der Waals surface area contributed by atoms with E-state index in [0.29, 0.717) is 28.1 Å². The molecule has 4 aromatic rings. The quantitative estimate of drug-likeness (QED) is 0.388. The molecule has 0 saturated carbocycles. The lowest BCUT2D eigenvalue weighted by atomic mass is 9.93. The van der Waals surface area contributed by atoms with Crippen LogP contribution in [0.25, 0.3) is 21.9 Å². The summed E-state index contributed by atoms with van der Waals surface area (Å²) < 4.78 is 41.6. The maximum atomic E-state index is 13.5. The summed E-state index contributed by atoms with van der Waals surface area (Å²) in [5, 5.41) is 12.0. The third-order valence-corrected chi connectivity index (χ3v) is 7.16. The first kappa shape index (κ1) is 22.3. The van der Waals surface area contributed by atoms with Crippen LogP contribution in [-0.2, 0) is 17.4 Å². The Labute approximate surface area is 196 Å². The van der Waals surface area contributed by atoms with E-state index in [1.165, 1.54) is 28.5 Å². The molecule has 1 aromatic heterocycles. The summed E-state index contributed by atoms with van der Waals surface area (Å²) >= 11 is 1.18. The SMILES string of the molecule is O=C(O)[C@@H]1CSc2c(-c3cccc(C(F)(F)F)c3)c(Cc3cccc4ccccc34)cc(=O)n21. The van der Waals surface area contributed by atoms with Gasteiger partial charge in [-0.3, -0.25) is 9.36 Å². The first-order chi connectivity index (χ1) is 16.2. The number of carboxylic acid groups (broad SMARTS) is 1. The molecule has 0 amide bonds. The van der Waals surface area contributed by atoms with Crippen LogP contribution in [0.2, 0.25) is 0 Å². The van der Waals surface area contributed by atoms with Crippen LogP contribution in [0.5, 0.6) is 0 Å². The predicted octanol–water partition coefficient (Wildman–Crippen LogP) is 6.01. The van der Waals surface area contributed by atoms with Crippen LogP contribution in [0, 0.1) is 0 Å². The second-order valence-corrected chi connectivity index (χ2v) is 9.13. The fourth-order valence-electron chi connectivity index (χ4n) is 4.45. The minimum Gasteiger partial charge on any atom is -0.480 e. The Morgan fingerprint density at radius 3 is 2.50 bits per heavy atom. The summed E-state index contributed by atoms with van der Waals surface area (Å²) in [5.74, 6) is -1.01. The minimum atomic E-state index is -4.53. The number of hydrogen-bond donors (Lipinski definition) is 1. The van der Waals surface area contributed by atoms with Crippen LogP contribution in [0.1, 0.15) is 22.7 Å².